The Morgan fingerprint density at radius 2 is 1.76 bits per heavy atom. The molecule has 0 radical (unpaired) electrons. The van der Waals surface area contributed by atoms with Gasteiger partial charge in [0.15, 0.2) is 0 Å². The lowest BCUT2D eigenvalue weighted by atomic mass is 10.1. The molecule has 0 unspecified atom stereocenters. The van der Waals surface area contributed by atoms with Crippen molar-refractivity contribution >= 4 is 27.5 Å². The maximum atomic E-state index is 9.81. The van der Waals surface area contributed by atoms with E-state index in [9.17, 15) is 10.2 Å². The zero-order chi connectivity index (χ0) is 12.0. The number of pyridine rings is 1. The fraction of sp³-hybridized carbons (Fsp3) is 0. The van der Waals surface area contributed by atoms with Gasteiger partial charge < -0.3 is 15.9 Å². The number of hydrogen-bond donors (Lipinski definition) is 3. The molecule has 2 aromatic carbocycles. The van der Waals surface area contributed by atoms with Crippen LogP contribution in [0, 0.1) is 0 Å². The van der Waals surface area contributed by atoms with Crippen LogP contribution in [0.4, 0.5) is 5.69 Å². The van der Waals surface area contributed by atoms with Gasteiger partial charge in [0, 0.05) is 17.5 Å². The zero-order valence-corrected chi connectivity index (χ0v) is 8.88. The SMILES string of the molecule is Nc1c2ccccc2nc2cc(O)cc(O)c12. The fourth-order valence-electron chi connectivity index (χ4n) is 2.02. The number of rotatable bonds is 0. The molecule has 0 aliphatic heterocycles. The van der Waals surface area contributed by atoms with Gasteiger partial charge in [0.2, 0.25) is 0 Å². The summed E-state index contributed by atoms with van der Waals surface area (Å²) in [5.74, 6) is -0.0899. The van der Waals surface area contributed by atoms with Gasteiger partial charge in [-0.05, 0) is 6.07 Å². The summed E-state index contributed by atoms with van der Waals surface area (Å²) < 4.78 is 0. The Labute approximate surface area is 96.9 Å². The number of aromatic nitrogens is 1. The Hall–Kier alpha value is -2.49. The Bertz CT molecular complexity index is 738. The second-order valence-electron chi connectivity index (χ2n) is 3.90. The van der Waals surface area contributed by atoms with Crippen molar-refractivity contribution in [2.75, 3.05) is 5.73 Å². The highest BCUT2D eigenvalue weighted by molar-refractivity contribution is 6.09. The van der Waals surface area contributed by atoms with Crippen molar-refractivity contribution < 1.29 is 10.2 Å². The van der Waals surface area contributed by atoms with Gasteiger partial charge in [0.25, 0.3) is 0 Å². The molecule has 84 valence electrons. The van der Waals surface area contributed by atoms with E-state index < -0.39 is 0 Å². The van der Waals surface area contributed by atoms with Gasteiger partial charge in [0.1, 0.15) is 11.5 Å². The van der Waals surface area contributed by atoms with Crippen LogP contribution in [-0.2, 0) is 0 Å². The van der Waals surface area contributed by atoms with Crippen LogP contribution in [0.15, 0.2) is 36.4 Å². The molecule has 0 atom stereocenters. The molecule has 3 rings (SSSR count). The van der Waals surface area contributed by atoms with Gasteiger partial charge in [-0.15, -0.1) is 0 Å². The van der Waals surface area contributed by atoms with Gasteiger partial charge in [-0.2, -0.15) is 0 Å². The highest BCUT2D eigenvalue weighted by Crippen LogP contribution is 2.36. The summed E-state index contributed by atoms with van der Waals surface area (Å²) in [6.45, 7) is 0. The molecule has 17 heavy (non-hydrogen) atoms. The van der Waals surface area contributed by atoms with Gasteiger partial charge in [0.05, 0.1) is 22.1 Å². The van der Waals surface area contributed by atoms with Crippen molar-refractivity contribution in [1.82, 2.24) is 4.98 Å². The third-order valence-electron chi connectivity index (χ3n) is 2.79. The summed E-state index contributed by atoms with van der Waals surface area (Å²) in [5, 5.41) is 20.5. The molecule has 4 heteroatoms. The van der Waals surface area contributed by atoms with Crippen molar-refractivity contribution in [3.8, 4) is 11.5 Å². The average Bonchev–Trinajstić information content (AvgIpc) is 2.28. The van der Waals surface area contributed by atoms with E-state index in [1.165, 1.54) is 12.1 Å². The van der Waals surface area contributed by atoms with Crippen LogP contribution in [0.2, 0.25) is 0 Å². The third-order valence-corrected chi connectivity index (χ3v) is 2.79. The number of benzene rings is 2. The number of aromatic hydroxyl groups is 2. The first-order valence-electron chi connectivity index (χ1n) is 5.17. The van der Waals surface area contributed by atoms with Crippen molar-refractivity contribution in [2.24, 2.45) is 0 Å². The lowest BCUT2D eigenvalue weighted by molar-refractivity contribution is 0.455. The largest absolute Gasteiger partial charge is 0.508 e. The first-order valence-corrected chi connectivity index (χ1v) is 5.17. The predicted octanol–water partition coefficient (Wildman–Crippen LogP) is 2.38. The van der Waals surface area contributed by atoms with E-state index in [1.807, 2.05) is 24.3 Å². The molecule has 0 aliphatic carbocycles. The molecule has 0 saturated carbocycles. The Kier molecular flexibility index (Phi) is 1.86. The number of nitrogens with two attached hydrogens (primary N) is 1. The molecule has 0 amide bonds. The number of phenols is 2. The minimum Gasteiger partial charge on any atom is -0.508 e. The molecule has 3 aromatic rings. The fourth-order valence-corrected chi connectivity index (χ4v) is 2.02. The number of nitrogen functional groups attached to an aromatic ring is 1. The number of hydrogen-bond acceptors (Lipinski definition) is 4. The van der Waals surface area contributed by atoms with E-state index in [-0.39, 0.29) is 11.5 Å². The van der Waals surface area contributed by atoms with Crippen LogP contribution in [0.3, 0.4) is 0 Å². The first kappa shape index (κ1) is 9.72. The molecular weight excluding hydrogens is 216 g/mol. The van der Waals surface area contributed by atoms with E-state index in [0.29, 0.717) is 16.6 Å². The molecule has 0 spiro atoms. The number of nitrogens with zero attached hydrogens (tertiary/aromatic N) is 1. The van der Waals surface area contributed by atoms with Crippen molar-refractivity contribution in [2.45, 2.75) is 0 Å². The van der Waals surface area contributed by atoms with Gasteiger partial charge in [-0.25, -0.2) is 4.98 Å². The van der Waals surface area contributed by atoms with E-state index in [0.717, 1.165) is 10.9 Å². The lowest BCUT2D eigenvalue weighted by Gasteiger charge is -2.08. The quantitative estimate of drug-likeness (QED) is 0.514. The molecule has 4 nitrogen and oxygen atoms in total. The van der Waals surface area contributed by atoms with E-state index in [1.54, 1.807) is 0 Å². The highest BCUT2D eigenvalue weighted by Gasteiger charge is 2.10. The summed E-state index contributed by atoms with van der Waals surface area (Å²) >= 11 is 0. The predicted molar refractivity (Wildman–Crippen MR) is 67.0 cm³/mol. The second kappa shape index (κ2) is 3.25. The third kappa shape index (κ3) is 1.34. The monoisotopic (exact) mass is 226 g/mol. The van der Waals surface area contributed by atoms with E-state index >= 15 is 0 Å². The summed E-state index contributed by atoms with van der Waals surface area (Å²) in [7, 11) is 0. The maximum absolute atomic E-state index is 9.81. The van der Waals surface area contributed by atoms with Crippen LogP contribution in [0.25, 0.3) is 21.8 Å². The molecule has 0 fully saturated rings. The van der Waals surface area contributed by atoms with E-state index in [4.69, 9.17) is 5.73 Å². The Morgan fingerprint density at radius 3 is 2.59 bits per heavy atom. The summed E-state index contributed by atoms with van der Waals surface area (Å²) in [5.41, 5.74) is 7.72. The summed E-state index contributed by atoms with van der Waals surface area (Å²) in [6.07, 6.45) is 0. The number of fused-ring (bicyclic) bond motifs is 2. The molecule has 0 aliphatic rings. The van der Waals surface area contributed by atoms with Crippen LogP contribution < -0.4 is 5.73 Å². The molecule has 0 bridgehead atoms. The van der Waals surface area contributed by atoms with Gasteiger partial charge in [-0.3, -0.25) is 0 Å². The Balaban J connectivity index is 2.59. The first-order chi connectivity index (χ1) is 8.16. The molecule has 0 saturated heterocycles. The number of anilines is 1. The molecule has 1 heterocycles. The average molecular weight is 226 g/mol. The molecule has 4 N–H and O–H groups in total. The van der Waals surface area contributed by atoms with Crippen LogP contribution in [0.5, 0.6) is 11.5 Å². The van der Waals surface area contributed by atoms with Crippen LogP contribution in [-0.4, -0.2) is 15.2 Å². The summed E-state index contributed by atoms with van der Waals surface area (Å²) in [6, 6.07) is 10.2. The van der Waals surface area contributed by atoms with Crippen molar-refractivity contribution in [3.63, 3.8) is 0 Å². The number of para-hydroxylation sites is 1. The van der Waals surface area contributed by atoms with E-state index in [2.05, 4.69) is 4.98 Å². The minimum absolute atomic E-state index is 0.0304. The Morgan fingerprint density at radius 1 is 1.00 bits per heavy atom. The molecule has 1 aromatic heterocycles. The standard InChI is InChI=1S/C13H10N2O2/c14-13-8-3-1-2-4-9(8)15-10-5-7(16)6-11(17)12(10)13/h1-6,16-17H,(H2,14,15). The maximum Gasteiger partial charge on any atom is 0.130 e. The normalized spacial score (nSPS) is 11.1. The summed E-state index contributed by atoms with van der Waals surface area (Å²) in [4.78, 5) is 4.36. The van der Waals surface area contributed by atoms with Crippen LogP contribution >= 0.6 is 0 Å². The van der Waals surface area contributed by atoms with Gasteiger partial charge >= 0.3 is 0 Å². The number of phenolic OH excluding ortho intramolecular Hbond substituents is 2. The van der Waals surface area contributed by atoms with Crippen molar-refractivity contribution in [3.05, 3.63) is 36.4 Å². The van der Waals surface area contributed by atoms with Gasteiger partial charge in [-0.1, -0.05) is 18.2 Å². The van der Waals surface area contributed by atoms with Crippen LogP contribution in [0.1, 0.15) is 0 Å². The lowest BCUT2D eigenvalue weighted by Crippen LogP contribution is -1.92. The smallest absolute Gasteiger partial charge is 0.130 e. The second-order valence-corrected chi connectivity index (χ2v) is 3.90. The topological polar surface area (TPSA) is 79.4 Å². The highest BCUT2D eigenvalue weighted by atomic mass is 16.3. The molecular formula is C13H10N2O2. The van der Waals surface area contributed by atoms with Crippen molar-refractivity contribution in [1.29, 1.82) is 0 Å². The minimum atomic E-state index is -0.0595. The zero-order valence-electron chi connectivity index (χ0n) is 8.88.